The Morgan fingerprint density at radius 1 is 1.22 bits per heavy atom. The summed E-state index contributed by atoms with van der Waals surface area (Å²) in [7, 11) is 1.76. The molecule has 0 aromatic rings. The lowest BCUT2D eigenvalue weighted by Gasteiger charge is -2.38. The van der Waals surface area contributed by atoms with Crippen molar-refractivity contribution in [3.05, 3.63) is 23.8 Å². The summed E-state index contributed by atoms with van der Waals surface area (Å²) in [6.45, 7) is 15.0. The van der Waals surface area contributed by atoms with Crippen LogP contribution in [0.25, 0.3) is 0 Å². The van der Waals surface area contributed by atoms with Crippen LogP contribution in [0, 0.1) is 23.2 Å². The van der Waals surface area contributed by atoms with E-state index < -0.39 is 18.2 Å². The highest BCUT2D eigenvalue weighted by molar-refractivity contribution is 5.67. The van der Waals surface area contributed by atoms with E-state index in [9.17, 15) is 9.90 Å². The summed E-state index contributed by atoms with van der Waals surface area (Å²) < 4.78 is 18.0. The number of carbonyl (C=O) groups is 1. The third-order valence-electron chi connectivity index (χ3n) is 7.29. The predicted molar refractivity (Wildman–Crippen MR) is 125 cm³/mol. The Balaban J connectivity index is 1.98. The highest BCUT2D eigenvalue weighted by Gasteiger charge is 2.47. The summed E-state index contributed by atoms with van der Waals surface area (Å²) in [5, 5.41) is 19.4. The monoisotopic (exact) mass is 452 g/mol. The van der Waals surface area contributed by atoms with E-state index in [1.807, 2.05) is 19.9 Å². The van der Waals surface area contributed by atoms with Gasteiger partial charge in [0.1, 0.15) is 0 Å². The standard InChI is InChI=1S/C26H44O6/c1-15(14-26(6,7)25-18(4)24(30-8)19(5)31-25)10-9-11-16(2)23-17(3)21(27)12-20(32-23)13-22(28)29/h9-11,15,17-21,23-25,27H,12-14H2,1-8H3,(H,28,29). The van der Waals surface area contributed by atoms with E-state index >= 15 is 0 Å². The molecule has 184 valence electrons. The van der Waals surface area contributed by atoms with Crippen LogP contribution < -0.4 is 0 Å². The molecule has 0 aromatic heterocycles. The first kappa shape index (κ1) is 27.0. The number of hydrogen-bond donors (Lipinski definition) is 2. The second-order valence-corrected chi connectivity index (χ2v) is 10.7. The number of aliphatic hydroxyl groups is 1. The Hall–Kier alpha value is -1.21. The summed E-state index contributed by atoms with van der Waals surface area (Å²) in [4.78, 5) is 11.1. The molecule has 0 amide bonds. The van der Waals surface area contributed by atoms with Gasteiger partial charge in [-0.2, -0.15) is 0 Å². The van der Waals surface area contributed by atoms with Crippen molar-refractivity contribution in [1.29, 1.82) is 0 Å². The molecule has 2 fully saturated rings. The number of carboxylic acid groups (broad SMARTS) is 1. The van der Waals surface area contributed by atoms with Gasteiger partial charge in [0, 0.05) is 25.4 Å². The van der Waals surface area contributed by atoms with E-state index in [1.54, 1.807) is 7.11 Å². The predicted octanol–water partition coefficient (Wildman–Crippen LogP) is 4.61. The van der Waals surface area contributed by atoms with Crippen LogP contribution in [0.5, 0.6) is 0 Å². The molecule has 0 aromatic carbocycles. The SMILES string of the molecule is COC1C(C)OC(C(C)(C)CC(C)C=CC=C(C)C2OC(CC(=O)O)CC(O)C2C)C1C. The minimum absolute atomic E-state index is 0.0125. The minimum Gasteiger partial charge on any atom is -0.481 e. The van der Waals surface area contributed by atoms with Crippen LogP contribution in [-0.2, 0) is 19.0 Å². The first-order valence-electron chi connectivity index (χ1n) is 12.0. The first-order chi connectivity index (χ1) is 14.9. The molecule has 6 heteroatoms. The van der Waals surface area contributed by atoms with E-state index in [-0.39, 0.29) is 42.2 Å². The maximum atomic E-state index is 11.1. The Morgan fingerprint density at radius 2 is 1.88 bits per heavy atom. The smallest absolute Gasteiger partial charge is 0.305 e. The van der Waals surface area contributed by atoms with E-state index in [2.05, 4.69) is 46.8 Å². The van der Waals surface area contributed by atoms with Crippen LogP contribution in [0.2, 0.25) is 0 Å². The van der Waals surface area contributed by atoms with Crippen molar-refractivity contribution in [1.82, 2.24) is 0 Å². The van der Waals surface area contributed by atoms with E-state index in [0.29, 0.717) is 18.3 Å². The molecule has 2 N–H and O–H groups in total. The van der Waals surface area contributed by atoms with Crippen molar-refractivity contribution in [2.45, 2.75) is 104 Å². The third-order valence-corrected chi connectivity index (χ3v) is 7.29. The van der Waals surface area contributed by atoms with Gasteiger partial charge in [0.15, 0.2) is 0 Å². The number of rotatable bonds is 9. The summed E-state index contributed by atoms with van der Waals surface area (Å²) >= 11 is 0. The molecule has 2 saturated heterocycles. The number of methoxy groups -OCH3 is 1. The van der Waals surface area contributed by atoms with Crippen LogP contribution in [0.1, 0.15) is 67.7 Å². The summed E-state index contributed by atoms with van der Waals surface area (Å²) in [5.74, 6) is -0.270. The van der Waals surface area contributed by atoms with Gasteiger partial charge in [-0.3, -0.25) is 4.79 Å². The van der Waals surface area contributed by atoms with Crippen molar-refractivity contribution >= 4 is 5.97 Å². The average Bonchev–Trinajstić information content (AvgIpc) is 2.97. The molecule has 2 heterocycles. The van der Waals surface area contributed by atoms with Gasteiger partial charge in [0.25, 0.3) is 0 Å². The van der Waals surface area contributed by atoms with Crippen molar-refractivity contribution in [2.75, 3.05) is 7.11 Å². The van der Waals surface area contributed by atoms with Gasteiger partial charge in [-0.1, -0.05) is 52.8 Å². The van der Waals surface area contributed by atoms with E-state index in [0.717, 1.165) is 12.0 Å². The van der Waals surface area contributed by atoms with E-state index in [1.165, 1.54) is 0 Å². The Labute approximate surface area is 194 Å². The largest absolute Gasteiger partial charge is 0.481 e. The lowest BCUT2D eigenvalue weighted by molar-refractivity contribution is -0.150. The lowest BCUT2D eigenvalue weighted by atomic mass is 9.74. The third kappa shape index (κ3) is 6.66. The van der Waals surface area contributed by atoms with Crippen LogP contribution >= 0.6 is 0 Å². The van der Waals surface area contributed by atoms with Crippen molar-refractivity contribution in [2.24, 2.45) is 23.2 Å². The molecule has 2 aliphatic rings. The molecule has 0 aliphatic carbocycles. The minimum atomic E-state index is -0.903. The van der Waals surface area contributed by atoms with E-state index in [4.69, 9.17) is 19.3 Å². The zero-order valence-corrected chi connectivity index (χ0v) is 21.1. The molecular formula is C26H44O6. The molecule has 0 bridgehead atoms. The molecule has 9 atom stereocenters. The van der Waals surface area contributed by atoms with Crippen LogP contribution in [-0.4, -0.2) is 59.9 Å². The van der Waals surface area contributed by atoms with Gasteiger partial charge in [0.2, 0.25) is 0 Å². The van der Waals surface area contributed by atoms with Gasteiger partial charge < -0.3 is 24.4 Å². The second-order valence-electron chi connectivity index (χ2n) is 10.7. The molecule has 32 heavy (non-hydrogen) atoms. The first-order valence-corrected chi connectivity index (χ1v) is 12.0. The van der Waals surface area contributed by atoms with Gasteiger partial charge >= 0.3 is 5.97 Å². The number of hydrogen-bond acceptors (Lipinski definition) is 5. The van der Waals surface area contributed by atoms with Gasteiger partial charge in [0.05, 0.1) is 43.0 Å². The van der Waals surface area contributed by atoms with Crippen molar-refractivity contribution in [3.63, 3.8) is 0 Å². The summed E-state index contributed by atoms with van der Waals surface area (Å²) in [5.41, 5.74) is 1.01. The fourth-order valence-corrected chi connectivity index (χ4v) is 5.76. The summed E-state index contributed by atoms with van der Waals surface area (Å²) in [6.07, 6.45) is 6.64. The zero-order chi connectivity index (χ0) is 24.2. The Bertz CT molecular complexity index is 684. The Kier molecular flexibility index (Phi) is 9.53. The van der Waals surface area contributed by atoms with Gasteiger partial charge in [-0.25, -0.2) is 0 Å². The average molecular weight is 453 g/mol. The highest BCUT2D eigenvalue weighted by Crippen LogP contribution is 2.42. The maximum Gasteiger partial charge on any atom is 0.305 e. The number of carboxylic acids is 1. The molecule has 9 unspecified atom stereocenters. The van der Waals surface area contributed by atoms with Gasteiger partial charge in [-0.15, -0.1) is 0 Å². The maximum absolute atomic E-state index is 11.1. The van der Waals surface area contributed by atoms with Crippen LogP contribution in [0.4, 0.5) is 0 Å². The quantitative estimate of drug-likeness (QED) is 0.497. The second kappa shape index (κ2) is 11.3. The zero-order valence-electron chi connectivity index (χ0n) is 21.1. The van der Waals surface area contributed by atoms with Crippen molar-refractivity contribution < 1.29 is 29.2 Å². The number of allylic oxidation sites excluding steroid dienone is 3. The molecule has 6 nitrogen and oxygen atoms in total. The van der Waals surface area contributed by atoms with Crippen molar-refractivity contribution in [3.8, 4) is 0 Å². The lowest BCUT2D eigenvalue weighted by Crippen LogP contribution is -2.44. The molecular weight excluding hydrogens is 408 g/mol. The molecule has 2 aliphatic heterocycles. The fraction of sp³-hybridized carbons (Fsp3) is 0.808. The molecule has 0 saturated carbocycles. The molecule has 0 spiro atoms. The van der Waals surface area contributed by atoms with Crippen LogP contribution in [0.3, 0.4) is 0 Å². The van der Waals surface area contributed by atoms with Crippen LogP contribution in [0.15, 0.2) is 23.8 Å². The molecule has 2 rings (SSSR count). The fourth-order valence-electron chi connectivity index (χ4n) is 5.76. The topological polar surface area (TPSA) is 85.2 Å². The Morgan fingerprint density at radius 3 is 2.44 bits per heavy atom. The number of aliphatic carboxylic acids is 1. The molecule has 0 radical (unpaired) electrons. The normalized spacial score (nSPS) is 37.7. The highest BCUT2D eigenvalue weighted by atomic mass is 16.6. The summed E-state index contributed by atoms with van der Waals surface area (Å²) in [6, 6.07) is 0. The number of ether oxygens (including phenoxy) is 3. The number of aliphatic hydroxyl groups excluding tert-OH is 1. The van der Waals surface area contributed by atoms with Gasteiger partial charge in [-0.05, 0) is 37.2 Å².